The van der Waals surface area contributed by atoms with Gasteiger partial charge in [0.15, 0.2) is 0 Å². The highest BCUT2D eigenvalue weighted by molar-refractivity contribution is 9.10. The molecule has 4 heteroatoms. The fraction of sp³-hybridized carbons (Fsp3) is 0.462. The first-order valence-corrected chi connectivity index (χ1v) is 6.55. The van der Waals surface area contributed by atoms with Crippen LogP contribution in [0.15, 0.2) is 22.7 Å². The van der Waals surface area contributed by atoms with E-state index in [1.54, 1.807) is 12.1 Å². The van der Waals surface area contributed by atoms with Crippen molar-refractivity contribution < 1.29 is 4.79 Å². The quantitative estimate of drug-likeness (QED) is 0.839. The van der Waals surface area contributed by atoms with Gasteiger partial charge in [0.2, 0.25) is 0 Å². The number of hydrogen-bond acceptors (Lipinski definition) is 2. The maximum Gasteiger partial charge on any atom is 0.253 e. The van der Waals surface area contributed by atoms with E-state index in [1.165, 1.54) is 0 Å². The van der Waals surface area contributed by atoms with Crippen molar-refractivity contribution in [1.29, 1.82) is 0 Å². The molecule has 1 aromatic rings. The zero-order valence-corrected chi connectivity index (χ0v) is 12.0. The van der Waals surface area contributed by atoms with Gasteiger partial charge in [0.1, 0.15) is 0 Å². The molecule has 0 aliphatic rings. The van der Waals surface area contributed by atoms with E-state index in [-0.39, 0.29) is 11.9 Å². The summed E-state index contributed by atoms with van der Waals surface area (Å²) in [4.78, 5) is 12.0. The highest BCUT2D eigenvalue weighted by atomic mass is 79.9. The van der Waals surface area contributed by atoms with Gasteiger partial charge in [-0.15, -0.1) is 0 Å². The van der Waals surface area contributed by atoms with Gasteiger partial charge in [0, 0.05) is 16.2 Å². The van der Waals surface area contributed by atoms with E-state index in [0.29, 0.717) is 17.2 Å². The Morgan fingerprint density at radius 1 is 1.41 bits per heavy atom. The van der Waals surface area contributed by atoms with E-state index in [9.17, 15) is 4.79 Å². The minimum absolute atomic E-state index is 0.114. The van der Waals surface area contributed by atoms with Crippen molar-refractivity contribution in [2.45, 2.75) is 33.2 Å². The van der Waals surface area contributed by atoms with E-state index in [1.807, 2.05) is 13.0 Å². The van der Waals surface area contributed by atoms with Gasteiger partial charge in [-0.1, -0.05) is 29.8 Å². The standard InChI is InChI=1S/C13H19BrN2O/c1-8(2)6-9(3)16-13(17)11-7-10(14)4-5-12(11)15/h4-5,7-9H,6,15H2,1-3H3,(H,16,17). The zero-order valence-electron chi connectivity index (χ0n) is 10.5. The third-order valence-electron chi connectivity index (χ3n) is 2.46. The van der Waals surface area contributed by atoms with E-state index < -0.39 is 0 Å². The average molecular weight is 299 g/mol. The molecule has 1 atom stereocenters. The van der Waals surface area contributed by atoms with Gasteiger partial charge < -0.3 is 11.1 Å². The maximum atomic E-state index is 12.0. The zero-order chi connectivity index (χ0) is 13.0. The predicted octanol–water partition coefficient (Wildman–Crippen LogP) is 3.20. The first kappa shape index (κ1) is 14.0. The largest absolute Gasteiger partial charge is 0.398 e. The Labute approximate surface area is 111 Å². The first-order chi connectivity index (χ1) is 7.90. The van der Waals surface area contributed by atoms with Crippen LogP contribution in [-0.4, -0.2) is 11.9 Å². The minimum Gasteiger partial charge on any atom is -0.398 e. The van der Waals surface area contributed by atoms with Crippen LogP contribution in [0.4, 0.5) is 5.69 Å². The van der Waals surface area contributed by atoms with E-state index in [0.717, 1.165) is 10.9 Å². The molecule has 0 fully saturated rings. The van der Waals surface area contributed by atoms with Gasteiger partial charge in [-0.25, -0.2) is 0 Å². The number of anilines is 1. The fourth-order valence-electron chi connectivity index (χ4n) is 1.79. The Morgan fingerprint density at radius 3 is 2.65 bits per heavy atom. The fourth-order valence-corrected chi connectivity index (χ4v) is 2.15. The summed E-state index contributed by atoms with van der Waals surface area (Å²) in [6.45, 7) is 6.28. The van der Waals surface area contributed by atoms with Gasteiger partial charge in [-0.2, -0.15) is 0 Å². The molecule has 3 N–H and O–H groups in total. The van der Waals surface area contributed by atoms with Crippen molar-refractivity contribution in [2.24, 2.45) is 5.92 Å². The van der Waals surface area contributed by atoms with E-state index in [2.05, 4.69) is 35.1 Å². The van der Waals surface area contributed by atoms with Crippen molar-refractivity contribution >= 4 is 27.5 Å². The highest BCUT2D eigenvalue weighted by Crippen LogP contribution is 2.18. The van der Waals surface area contributed by atoms with Crippen molar-refractivity contribution in [3.8, 4) is 0 Å². The second kappa shape index (κ2) is 6.05. The summed E-state index contributed by atoms with van der Waals surface area (Å²) in [5.74, 6) is 0.446. The van der Waals surface area contributed by atoms with Crippen LogP contribution < -0.4 is 11.1 Å². The van der Waals surface area contributed by atoms with Crippen LogP contribution in [0.5, 0.6) is 0 Å². The van der Waals surface area contributed by atoms with Crippen LogP contribution in [0.2, 0.25) is 0 Å². The van der Waals surface area contributed by atoms with Crippen LogP contribution >= 0.6 is 15.9 Å². The molecular formula is C13H19BrN2O. The first-order valence-electron chi connectivity index (χ1n) is 5.76. The molecule has 94 valence electrons. The number of carbonyl (C=O) groups excluding carboxylic acids is 1. The summed E-state index contributed by atoms with van der Waals surface area (Å²) in [5, 5.41) is 2.96. The van der Waals surface area contributed by atoms with E-state index in [4.69, 9.17) is 5.73 Å². The smallest absolute Gasteiger partial charge is 0.253 e. The molecule has 1 rings (SSSR count). The second-order valence-electron chi connectivity index (χ2n) is 4.74. The number of nitrogens with one attached hydrogen (secondary N) is 1. The normalized spacial score (nSPS) is 12.5. The molecule has 0 saturated heterocycles. The molecular weight excluding hydrogens is 280 g/mol. The Bertz CT molecular complexity index is 404. The molecule has 0 aliphatic carbocycles. The summed E-state index contributed by atoms with van der Waals surface area (Å²) >= 11 is 3.34. The van der Waals surface area contributed by atoms with Crippen LogP contribution in [0.1, 0.15) is 37.6 Å². The minimum atomic E-state index is -0.114. The number of rotatable bonds is 4. The average Bonchev–Trinajstić information content (AvgIpc) is 2.20. The molecule has 17 heavy (non-hydrogen) atoms. The summed E-state index contributed by atoms with van der Waals surface area (Å²) in [6, 6.07) is 5.45. The summed E-state index contributed by atoms with van der Waals surface area (Å²) in [7, 11) is 0. The number of carbonyl (C=O) groups is 1. The molecule has 0 spiro atoms. The molecule has 1 aromatic carbocycles. The maximum absolute atomic E-state index is 12.0. The molecule has 0 aliphatic heterocycles. The van der Waals surface area contributed by atoms with E-state index >= 15 is 0 Å². The van der Waals surface area contributed by atoms with Crippen LogP contribution in [0.25, 0.3) is 0 Å². The van der Waals surface area contributed by atoms with Gasteiger partial charge in [-0.3, -0.25) is 4.79 Å². The number of benzene rings is 1. The number of nitrogen functional groups attached to an aromatic ring is 1. The second-order valence-corrected chi connectivity index (χ2v) is 5.65. The molecule has 0 bridgehead atoms. The van der Waals surface area contributed by atoms with Crippen molar-refractivity contribution in [3.63, 3.8) is 0 Å². The lowest BCUT2D eigenvalue weighted by molar-refractivity contribution is 0.0937. The lowest BCUT2D eigenvalue weighted by atomic mass is 10.0. The summed E-state index contributed by atoms with van der Waals surface area (Å²) in [5.41, 5.74) is 6.81. The van der Waals surface area contributed by atoms with Crippen LogP contribution in [-0.2, 0) is 0 Å². The third kappa shape index (κ3) is 4.38. The van der Waals surface area contributed by atoms with Crippen molar-refractivity contribution in [3.05, 3.63) is 28.2 Å². The summed E-state index contributed by atoms with van der Waals surface area (Å²) < 4.78 is 0.855. The molecule has 0 saturated carbocycles. The number of nitrogens with two attached hydrogens (primary N) is 1. The number of hydrogen-bond donors (Lipinski definition) is 2. The van der Waals surface area contributed by atoms with Crippen molar-refractivity contribution in [1.82, 2.24) is 5.32 Å². The molecule has 0 heterocycles. The Kier molecular flexibility index (Phi) is 5.00. The van der Waals surface area contributed by atoms with Gasteiger partial charge in [0.05, 0.1) is 5.56 Å². The third-order valence-corrected chi connectivity index (χ3v) is 2.96. The number of halogens is 1. The molecule has 1 amide bonds. The predicted molar refractivity (Wildman–Crippen MR) is 74.9 cm³/mol. The van der Waals surface area contributed by atoms with Gasteiger partial charge in [0.25, 0.3) is 5.91 Å². The Balaban J connectivity index is 2.73. The lowest BCUT2D eigenvalue weighted by Gasteiger charge is -2.16. The van der Waals surface area contributed by atoms with Crippen LogP contribution in [0, 0.1) is 5.92 Å². The van der Waals surface area contributed by atoms with Gasteiger partial charge >= 0.3 is 0 Å². The molecule has 1 unspecified atom stereocenters. The Morgan fingerprint density at radius 2 is 2.06 bits per heavy atom. The monoisotopic (exact) mass is 298 g/mol. The topological polar surface area (TPSA) is 55.1 Å². The molecule has 0 radical (unpaired) electrons. The highest BCUT2D eigenvalue weighted by Gasteiger charge is 2.13. The van der Waals surface area contributed by atoms with Crippen LogP contribution in [0.3, 0.4) is 0 Å². The molecule has 3 nitrogen and oxygen atoms in total. The van der Waals surface area contributed by atoms with Crippen molar-refractivity contribution in [2.75, 3.05) is 5.73 Å². The Hall–Kier alpha value is -1.03. The SMILES string of the molecule is CC(C)CC(C)NC(=O)c1cc(Br)ccc1N. The lowest BCUT2D eigenvalue weighted by Crippen LogP contribution is -2.33. The summed E-state index contributed by atoms with van der Waals surface area (Å²) in [6.07, 6.45) is 0.958. The van der Waals surface area contributed by atoms with Gasteiger partial charge in [-0.05, 0) is 37.5 Å². The number of amides is 1. The molecule has 0 aromatic heterocycles.